The molecule has 0 aliphatic rings. The molecule has 0 spiro atoms. The molecule has 0 aliphatic heterocycles. The predicted octanol–water partition coefficient (Wildman–Crippen LogP) is 5.24. The van der Waals surface area contributed by atoms with Crippen LogP contribution in [-0.4, -0.2) is 99.1 Å². The van der Waals surface area contributed by atoms with E-state index in [2.05, 4.69) is 58.2 Å². The predicted molar refractivity (Wildman–Crippen MR) is 197 cm³/mol. The number of benzene rings is 2. The van der Waals surface area contributed by atoms with Gasteiger partial charge in [0.1, 0.15) is 24.7 Å². The highest BCUT2D eigenvalue weighted by atomic mass is 32.1. The minimum absolute atomic E-state index is 0.156. The van der Waals surface area contributed by atoms with Crippen molar-refractivity contribution in [1.29, 1.82) is 0 Å². The second-order valence-electron chi connectivity index (χ2n) is 12.0. The van der Waals surface area contributed by atoms with Gasteiger partial charge in [0.05, 0.1) is 66.3 Å². The van der Waals surface area contributed by atoms with Crippen molar-refractivity contribution in [3.05, 3.63) is 65.4 Å². The lowest BCUT2D eigenvalue weighted by atomic mass is 10.00. The summed E-state index contributed by atoms with van der Waals surface area (Å²) in [5.74, 6) is 0.800. The van der Waals surface area contributed by atoms with Gasteiger partial charge in [0.2, 0.25) is 11.8 Å². The van der Waals surface area contributed by atoms with E-state index in [0.29, 0.717) is 24.7 Å². The number of imidazole rings is 2. The number of H-pyrrole nitrogens is 2. The highest BCUT2D eigenvalue weighted by Gasteiger charge is 2.20. The Bertz CT molecular complexity index is 2020. The number of hydrogen-bond donors (Lipinski definition) is 4. The van der Waals surface area contributed by atoms with Gasteiger partial charge in [-0.1, -0.05) is 44.2 Å². The zero-order valence-electron chi connectivity index (χ0n) is 29.9. The molecule has 5 aromatic rings. The van der Waals surface area contributed by atoms with Crippen LogP contribution in [0.1, 0.15) is 43.3 Å². The number of methoxy groups -OCH3 is 2. The van der Waals surface area contributed by atoms with Crippen molar-refractivity contribution in [3.8, 4) is 33.6 Å². The molecule has 3 aromatic heterocycles. The summed E-state index contributed by atoms with van der Waals surface area (Å²) in [6, 6.07) is 12.3. The molecule has 0 atom stereocenters. The molecule has 0 radical (unpaired) electrons. The molecule has 2 aromatic carbocycles. The molecule has 274 valence electrons. The summed E-state index contributed by atoms with van der Waals surface area (Å²) in [7, 11) is 2.51. The number of fused-ring (bicyclic) bond motifs is 1. The molecule has 16 heteroatoms. The van der Waals surface area contributed by atoms with Gasteiger partial charge in [0, 0.05) is 24.2 Å². The third-order valence-electron chi connectivity index (χ3n) is 8.22. The Labute approximate surface area is 305 Å². The second kappa shape index (κ2) is 17.4. The Hall–Kier alpha value is -5.77. The first kappa shape index (κ1) is 37.5. The molecule has 0 unspecified atom stereocenters. The number of hydrogen-bond acceptors (Lipinski definition) is 10. The number of thiazole rings is 1. The molecule has 15 nitrogen and oxygen atoms in total. The number of carbonyl (C=O) groups excluding carboxylic acids is 4. The van der Waals surface area contributed by atoms with E-state index < -0.39 is 12.2 Å². The Balaban J connectivity index is 1.31. The summed E-state index contributed by atoms with van der Waals surface area (Å²) in [5, 5.41) is 5.81. The fraction of sp³-hybridized carbons (Fsp3) is 0.361. The van der Waals surface area contributed by atoms with E-state index in [-0.39, 0.29) is 38.0 Å². The summed E-state index contributed by atoms with van der Waals surface area (Å²) in [4.78, 5) is 72.3. The minimum atomic E-state index is -0.659. The first-order valence-corrected chi connectivity index (χ1v) is 17.7. The SMILES string of the molecule is CCCN(Cc1ncc(-c2ccc(-c3ccc(-c4cnc(CN(CCC)C(=O)CNC(=O)OC)[nH]4)c4nc(C)sc34)cc2)[nH]1)C(=O)CNC(=O)OC. The van der Waals surface area contributed by atoms with Crippen LogP contribution in [0, 0.1) is 6.92 Å². The zero-order chi connectivity index (χ0) is 37.2. The molecule has 0 aliphatic carbocycles. The molecule has 0 fully saturated rings. The lowest BCUT2D eigenvalue weighted by Crippen LogP contribution is -2.40. The number of ether oxygens (including phenoxy) is 2. The maximum atomic E-state index is 12.8. The van der Waals surface area contributed by atoms with Crippen LogP contribution in [0.5, 0.6) is 0 Å². The average molecular weight is 730 g/mol. The third kappa shape index (κ3) is 9.11. The van der Waals surface area contributed by atoms with Crippen molar-refractivity contribution in [1.82, 2.24) is 45.4 Å². The number of nitrogens with zero attached hydrogens (tertiary/aromatic N) is 5. The maximum Gasteiger partial charge on any atom is 0.407 e. The van der Waals surface area contributed by atoms with E-state index in [1.807, 2.05) is 39.0 Å². The summed E-state index contributed by atoms with van der Waals surface area (Å²) < 4.78 is 10.2. The maximum absolute atomic E-state index is 12.8. The number of nitrogens with one attached hydrogen (secondary N) is 4. The van der Waals surface area contributed by atoms with Crippen LogP contribution in [-0.2, 0) is 32.2 Å². The first-order valence-electron chi connectivity index (χ1n) is 16.9. The van der Waals surface area contributed by atoms with E-state index in [4.69, 9.17) is 4.98 Å². The minimum Gasteiger partial charge on any atom is -0.453 e. The van der Waals surface area contributed by atoms with Gasteiger partial charge in [-0.3, -0.25) is 9.59 Å². The lowest BCUT2D eigenvalue weighted by Gasteiger charge is -2.21. The summed E-state index contributed by atoms with van der Waals surface area (Å²) in [6.07, 6.45) is 3.70. The molecule has 5 rings (SSSR count). The summed E-state index contributed by atoms with van der Waals surface area (Å²) >= 11 is 1.62. The molecule has 0 saturated heterocycles. The quantitative estimate of drug-likeness (QED) is 0.112. The number of aromatic nitrogens is 5. The Morgan fingerprint density at radius 2 is 1.23 bits per heavy atom. The van der Waals surface area contributed by atoms with Crippen LogP contribution in [0.2, 0.25) is 0 Å². The lowest BCUT2D eigenvalue weighted by molar-refractivity contribution is -0.131. The highest BCUT2D eigenvalue weighted by molar-refractivity contribution is 7.19. The fourth-order valence-corrected chi connectivity index (χ4v) is 6.69. The van der Waals surface area contributed by atoms with Crippen LogP contribution in [0.15, 0.2) is 48.8 Å². The number of aryl methyl sites for hydroxylation is 1. The Kier molecular flexibility index (Phi) is 12.6. The first-order chi connectivity index (χ1) is 25.1. The van der Waals surface area contributed by atoms with Crippen LogP contribution in [0.4, 0.5) is 9.59 Å². The van der Waals surface area contributed by atoms with E-state index in [1.54, 1.807) is 33.5 Å². The van der Waals surface area contributed by atoms with Gasteiger partial charge in [-0.05, 0) is 37.0 Å². The van der Waals surface area contributed by atoms with Crippen molar-refractivity contribution < 1.29 is 28.7 Å². The van der Waals surface area contributed by atoms with E-state index >= 15 is 0 Å². The fourth-order valence-electron chi connectivity index (χ4n) is 5.71. The summed E-state index contributed by atoms with van der Waals surface area (Å²) in [6.45, 7) is 7.21. The van der Waals surface area contributed by atoms with Crippen molar-refractivity contribution >= 4 is 45.6 Å². The van der Waals surface area contributed by atoms with Gasteiger partial charge < -0.3 is 39.9 Å². The van der Waals surface area contributed by atoms with E-state index in [1.165, 1.54) is 14.2 Å². The van der Waals surface area contributed by atoms with E-state index in [9.17, 15) is 19.2 Å². The van der Waals surface area contributed by atoms with Crippen molar-refractivity contribution in [2.75, 3.05) is 40.4 Å². The van der Waals surface area contributed by atoms with Crippen LogP contribution in [0.25, 0.3) is 43.9 Å². The average Bonchev–Trinajstić information content (AvgIpc) is 3.92. The molecule has 0 bridgehead atoms. The smallest absolute Gasteiger partial charge is 0.407 e. The third-order valence-corrected chi connectivity index (χ3v) is 9.22. The van der Waals surface area contributed by atoms with Gasteiger partial charge in [-0.15, -0.1) is 11.3 Å². The Morgan fingerprint density at radius 1 is 0.731 bits per heavy atom. The largest absolute Gasteiger partial charge is 0.453 e. The number of amides is 4. The number of aromatic amines is 2. The molecule has 52 heavy (non-hydrogen) atoms. The number of alkyl carbamates (subject to hydrolysis) is 2. The summed E-state index contributed by atoms with van der Waals surface area (Å²) in [5.41, 5.74) is 6.39. The van der Waals surface area contributed by atoms with Crippen LogP contribution >= 0.6 is 11.3 Å². The van der Waals surface area contributed by atoms with Crippen molar-refractivity contribution in [2.24, 2.45) is 0 Å². The molecule has 3 heterocycles. The van der Waals surface area contributed by atoms with Gasteiger partial charge >= 0.3 is 12.2 Å². The zero-order valence-corrected chi connectivity index (χ0v) is 30.7. The Morgan fingerprint density at radius 3 is 1.77 bits per heavy atom. The van der Waals surface area contributed by atoms with Crippen molar-refractivity contribution in [3.63, 3.8) is 0 Å². The normalized spacial score (nSPS) is 10.9. The molecule has 0 saturated carbocycles. The van der Waals surface area contributed by atoms with Crippen LogP contribution in [0.3, 0.4) is 0 Å². The highest BCUT2D eigenvalue weighted by Crippen LogP contribution is 2.38. The van der Waals surface area contributed by atoms with Crippen LogP contribution < -0.4 is 10.6 Å². The van der Waals surface area contributed by atoms with Gasteiger partial charge in [0.15, 0.2) is 0 Å². The standard InChI is InChI=1S/C36H43N9O6S/c1-6-14-44(31(46)18-39-35(48)50-4)20-29-37-16-27(42-29)24-10-8-23(9-11-24)25-12-13-26(33-34(25)52-22(3)41-33)28-17-38-30(43-28)21-45(15-7-2)32(47)19-40-36(49)51-5/h8-13,16-17H,6-7,14-15,18-21H2,1-5H3,(H,37,42)(H,38,43)(H,39,48)(H,40,49). The van der Waals surface area contributed by atoms with Crippen molar-refractivity contribution in [2.45, 2.75) is 46.7 Å². The topological polar surface area (TPSA) is 188 Å². The molecule has 4 N–H and O–H groups in total. The molecular weight excluding hydrogens is 687 g/mol. The monoisotopic (exact) mass is 729 g/mol. The molecule has 4 amide bonds. The number of carbonyl (C=O) groups is 4. The van der Waals surface area contributed by atoms with Gasteiger partial charge in [0.25, 0.3) is 0 Å². The van der Waals surface area contributed by atoms with Gasteiger partial charge in [-0.25, -0.2) is 24.5 Å². The van der Waals surface area contributed by atoms with E-state index in [0.717, 1.165) is 61.7 Å². The number of rotatable bonds is 15. The second-order valence-corrected chi connectivity index (χ2v) is 13.2. The molecular formula is C36H43N9O6S. The van der Waals surface area contributed by atoms with Gasteiger partial charge in [-0.2, -0.15) is 0 Å².